The number of hydrogen-bond donors (Lipinski definition) is 0. The van der Waals surface area contributed by atoms with Gasteiger partial charge in [0, 0.05) is 26.2 Å². The number of methoxy groups -OCH3 is 1. The van der Waals surface area contributed by atoms with Crippen LogP contribution in [0.25, 0.3) is 0 Å². The molecule has 5 nitrogen and oxygen atoms in total. The van der Waals surface area contributed by atoms with Gasteiger partial charge in [0.25, 0.3) is 0 Å². The molecule has 22 heavy (non-hydrogen) atoms. The summed E-state index contributed by atoms with van der Waals surface area (Å²) >= 11 is 12.4. The zero-order valence-corrected chi connectivity index (χ0v) is 13.7. The van der Waals surface area contributed by atoms with Gasteiger partial charge in [0.1, 0.15) is 0 Å². The molecule has 1 aliphatic rings. The molecular weight excluding hydrogens is 323 g/mol. The van der Waals surface area contributed by atoms with E-state index in [1.54, 1.807) is 25.6 Å². The molecule has 2 aromatic rings. The van der Waals surface area contributed by atoms with Crippen LogP contribution in [0.5, 0.6) is 5.75 Å². The van der Waals surface area contributed by atoms with E-state index in [1.807, 2.05) is 12.1 Å². The van der Waals surface area contributed by atoms with Crippen LogP contribution in [0.2, 0.25) is 10.0 Å². The SMILES string of the molecule is COc1cnc(N2CCN(c3cccc(Cl)c3Cl)CC2)nc1. The van der Waals surface area contributed by atoms with Crippen LogP contribution < -0.4 is 14.5 Å². The van der Waals surface area contributed by atoms with E-state index in [0.717, 1.165) is 37.8 Å². The van der Waals surface area contributed by atoms with Crippen molar-refractivity contribution in [2.24, 2.45) is 0 Å². The minimum absolute atomic E-state index is 0.583. The lowest BCUT2D eigenvalue weighted by atomic mass is 10.2. The number of aromatic nitrogens is 2. The highest BCUT2D eigenvalue weighted by Gasteiger charge is 2.21. The van der Waals surface area contributed by atoms with Crippen molar-refractivity contribution < 1.29 is 4.74 Å². The molecular formula is C15H16Cl2N4O. The fraction of sp³-hybridized carbons (Fsp3) is 0.333. The van der Waals surface area contributed by atoms with Gasteiger partial charge in [-0.3, -0.25) is 0 Å². The molecule has 0 atom stereocenters. The van der Waals surface area contributed by atoms with E-state index < -0.39 is 0 Å². The van der Waals surface area contributed by atoms with Crippen molar-refractivity contribution in [1.82, 2.24) is 9.97 Å². The van der Waals surface area contributed by atoms with Gasteiger partial charge in [-0.15, -0.1) is 0 Å². The van der Waals surface area contributed by atoms with Crippen LogP contribution in [-0.2, 0) is 0 Å². The summed E-state index contributed by atoms with van der Waals surface area (Å²) in [5.74, 6) is 1.38. The maximum atomic E-state index is 6.29. The van der Waals surface area contributed by atoms with E-state index in [9.17, 15) is 0 Å². The number of benzene rings is 1. The van der Waals surface area contributed by atoms with Crippen LogP contribution in [0.4, 0.5) is 11.6 Å². The van der Waals surface area contributed by atoms with Gasteiger partial charge in [0.05, 0.1) is 35.2 Å². The Morgan fingerprint density at radius 2 is 1.64 bits per heavy atom. The Hall–Kier alpha value is -1.72. The number of halogens is 2. The quantitative estimate of drug-likeness (QED) is 0.859. The minimum atomic E-state index is 0.583. The van der Waals surface area contributed by atoms with Crippen LogP contribution >= 0.6 is 23.2 Å². The molecule has 0 radical (unpaired) electrons. The Kier molecular flexibility index (Phi) is 4.55. The third kappa shape index (κ3) is 3.05. The number of rotatable bonds is 3. The third-order valence-electron chi connectivity index (χ3n) is 3.68. The zero-order valence-electron chi connectivity index (χ0n) is 12.2. The fourth-order valence-corrected chi connectivity index (χ4v) is 2.88. The first-order valence-corrected chi connectivity index (χ1v) is 7.74. The second kappa shape index (κ2) is 6.58. The number of nitrogens with zero attached hydrogens (tertiary/aromatic N) is 4. The highest BCUT2D eigenvalue weighted by Crippen LogP contribution is 2.33. The second-order valence-corrected chi connectivity index (χ2v) is 5.76. The lowest BCUT2D eigenvalue weighted by molar-refractivity contribution is 0.410. The summed E-state index contributed by atoms with van der Waals surface area (Å²) in [7, 11) is 1.60. The van der Waals surface area contributed by atoms with E-state index in [4.69, 9.17) is 27.9 Å². The van der Waals surface area contributed by atoms with Gasteiger partial charge in [-0.25, -0.2) is 9.97 Å². The maximum absolute atomic E-state index is 6.29. The van der Waals surface area contributed by atoms with E-state index in [1.165, 1.54) is 0 Å². The monoisotopic (exact) mass is 338 g/mol. The number of piperazine rings is 1. The molecule has 1 aromatic heterocycles. The predicted molar refractivity (Wildman–Crippen MR) is 89.5 cm³/mol. The van der Waals surface area contributed by atoms with Crippen LogP contribution in [0.3, 0.4) is 0 Å². The predicted octanol–water partition coefficient (Wildman–Crippen LogP) is 3.12. The van der Waals surface area contributed by atoms with Crippen LogP contribution in [0, 0.1) is 0 Å². The molecule has 1 fully saturated rings. The van der Waals surface area contributed by atoms with Gasteiger partial charge in [-0.1, -0.05) is 29.3 Å². The highest BCUT2D eigenvalue weighted by molar-refractivity contribution is 6.43. The van der Waals surface area contributed by atoms with Gasteiger partial charge < -0.3 is 14.5 Å². The maximum Gasteiger partial charge on any atom is 0.225 e. The number of hydrogen-bond acceptors (Lipinski definition) is 5. The summed E-state index contributed by atoms with van der Waals surface area (Å²) in [6.07, 6.45) is 3.37. The topological polar surface area (TPSA) is 41.5 Å². The fourth-order valence-electron chi connectivity index (χ4n) is 2.46. The summed E-state index contributed by atoms with van der Waals surface area (Å²) in [6.45, 7) is 3.34. The van der Waals surface area contributed by atoms with Crippen molar-refractivity contribution in [3.63, 3.8) is 0 Å². The molecule has 1 aliphatic heterocycles. The van der Waals surface area contributed by atoms with Crippen molar-refractivity contribution in [3.8, 4) is 5.75 Å². The first-order valence-electron chi connectivity index (χ1n) is 6.99. The lowest BCUT2D eigenvalue weighted by Gasteiger charge is -2.36. The zero-order chi connectivity index (χ0) is 15.5. The molecule has 0 aliphatic carbocycles. The summed E-state index contributed by atoms with van der Waals surface area (Å²) in [5, 5.41) is 1.19. The smallest absolute Gasteiger partial charge is 0.225 e. The molecule has 0 spiro atoms. The second-order valence-electron chi connectivity index (χ2n) is 4.97. The molecule has 0 bridgehead atoms. The van der Waals surface area contributed by atoms with Gasteiger partial charge in [-0.2, -0.15) is 0 Å². The van der Waals surface area contributed by atoms with Gasteiger partial charge in [-0.05, 0) is 12.1 Å². The van der Waals surface area contributed by atoms with E-state index in [0.29, 0.717) is 15.8 Å². The molecule has 1 saturated heterocycles. The third-order valence-corrected chi connectivity index (χ3v) is 4.49. The van der Waals surface area contributed by atoms with E-state index in [2.05, 4.69) is 19.8 Å². The Labute approximate surface area is 139 Å². The Morgan fingerprint density at radius 3 is 2.27 bits per heavy atom. The molecule has 0 saturated carbocycles. The molecule has 0 N–H and O–H groups in total. The minimum Gasteiger partial charge on any atom is -0.494 e. The molecule has 3 rings (SSSR count). The average Bonchev–Trinajstić information content (AvgIpc) is 2.58. The number of anilines is 2. The van der Waals surface area contributed by atoms with Crippen molar-refractivity contribution in [3.05, 3.63) is 40.6 Å². The summed E-state index contributed by atoms with van der Waals surface area (Å²) in [4.78, 5) is 13.0. The first kappa shape index (κ1) is 15.2. The van der Waals surface area contributed by atoms with Gasteiger partial charge in [0.2, 0.25) is 5.95 Å². The first-order chi connectivity index (χ1) is 10.7. The van der Waals surface area contributed by atoms with Crippen molar-refractivity contribution in [1.29, 1.82) is 0 Å². The summed E-state index contributed by atoms with van der Waals surface area (Å²) in [5.41, 5.74) is 0.976. The molecule has 2 heterocycles. The molecule has 0 unspecified atom stereocenters. The van der Waals surface area contributed by atoms with Gasteiger partial charge in [0.15, 0.2) is 5.75 Å². The molecule has 1 aromatic carbocycles. The lowest BCUT2D eigenvalue weighted by Crippen LogP contribution is -2.47. The average molecular weight is 339 g/mol. The van der Waals surface area contributed by atoms with Crippen molar-refractivity contribution in [2.45, 2.75) is 0 Å². The standard InChI is InChI=1S/C15H16Cl2N4O/c1-22-11-9-18-15(19-10-11)21-7-5-20(6-8-21)13-4-2-3-12(16)14(13)17/h2-4,9-10H,5-8H2,1H3. The van der Waals surface area contributed by atoms with Crippen molar-refractivity contribution in [2.75, 3.05) is 43.1 Å². The van der Waals surface area contributed by atoms with Crippen LogP contribution in [-0.4, -0.2) is 43.3 Å². The molecule has 116 valence electrons. The molecule has 0 amide bonds. The van der Waals surface area contributed by atoms with Crippen LogP contribution in [0.15, 0.2) is 30.6 Å². The summed E-state index contributed by atoms with van der Waals surface area (Å²) < 4.78 is 5.08. The largest absolute Gasteiger partial charge is 0.494 e. The Bertz CT molecular complexity index is 642. The van der Waals surface area contributed by atoms with Crippen molar-refractivity contribution >= 4 is 34.8 Å². The number of ether oxygens (including phenoxy) is 1. The van der Waals surface area contributed by atoms with Gasteiger partial charge >= 0.3 is 0 Å². The highest BCUT2D eigenvalue weighted by atomic mass is 35.5. The Balaban J connectivity index is 1.68. The van der Waals surface area contributed by atoms with E-state index >= 15 is 0 Å². The summed E-state index contributed by atoms with van der Waals surface area (Å²) in [6, 6.07) is 5.71. The Morgan fingerprint density at radius 1 is 1.00 bits per heavy atom. The normalized spacial score (nSPS) is 15.0. The van der Waals surface area contributed by atoms with Crippen LogP contribution in [0.1, 0.15) is 0 Å². The molecule has 7 heteroatoms. The van der Waals surface area contributed by atoms with E-state index in [-0.39, 0.29) is 0 Å².